The van der Waals surface area contributed by atoms with Crippen LogP contribution in [0.25, 0.3) is 0 Å². The maximum atomic E-state index is 5.83. The van der Waals surface area contributed by atoms with Gasteiger partial charge in [0.1, 0.15) is 0 Å². The van der Waals surface area contributed by atoms with E-state index in [4.69, 9.17) is 5.73 Å². The Balaban J connectivity index is 1.85. The van der Waals surface area contributed by atoms with Crippen LogP contribution in [0.15, 0.2) is 0 Å². The molecule has 1 saturated heterocycles. The molecule has 0 aromatic heterocycles. The van der Waals surface area contributed by atoms with Crippen LogP contribution in [0.4, 0.5) is 0 Å². The van der Waals surface area contributed by atoms with Crippen LogP contribution < -0.4 is 5.73 Å². The van der Waals surface area contributed by atoms with Gasteiger partial charge in [-0.2, -0.15) is 11.8 Å². The Morgan fingerprint density at radius 3 is 2.58 bits per heavy atom. The highest BCUT2D eigenvalue weighted by Crippen LogP contribution is 2.43. The summed E-state index contributed by atoms with van der Waals surface area (Å²) in [5.74, 6) is 3.24. The highest BCUT2D eigenvalue weighted by atomic mass is 32.2. The van der Waals surface area contributed by atoms with E-state index in [9.17, 15) is 0 Å². The lowest BCUT2D eigenvalue weighted by molar-refractivity contribution is 0.425. The first-order valence-corrected chi connectivity index (χ1v) is 6.28. The molecule has 2 N–H and O–H groups in total. The molecular weight excluding hydrogens is 166 g/mol. The summed E-state index contributed by atoms with van der Waals surface area (Å²) in [6.07, 6.45) is 7.23. The number of rotatable bonds is 3. The van der Waals surface area contributed by atoms with Crippen LogP contribution in [0.1, 0.15) is 32.1 Å². The largest absolute Gasteiger partial charge is 0.330 e. The molecule has 70 valence electrons. The van der Waals surface area contributed by atoms with Gasteiger partial charge in [0.15, 0.2) is 0 Å². The Morgan fingerprint density at radius 1 is 1.25 bits per heavy atom. The van der Waals surface area contributed by atoms with Crippen LogP contribution in [0.5, 0.6) is 0 Å². The van der Waals surface area contributed by atoms with Crippen molar-refractivity contribution in [3.63, 3.8) is 0 Å². The molecule has 0 aromatic rings. The van der Waals surface area contributed by atoms with E-state index in [1.54, 1.807) is 0 Å². The maximum absolute atomic E-state index is 5.83. The molecule has 2 unspecified atom stereocenters. The van der Waals surface area contributed by atoms with E-state index in [-0.39, 0.29) is 0 Å². The van der Waals surface area contributed by atoms with Crippen LogP contribution in [0.3, 0.4) is 0 Å². The zero-order valence-electron chi connectivity index (χ0n) is 7.67. The van der Waals surface area contributed by atoms with Crippen LogP contribution in [-0.2, 0) is 0 Å². The molecule has 0 radical (unpaired) electrons. The van der Waals surface area contributed by atoms with E-state index in [1.807, 2.05) is 0 Å². The molecule has 2 rings (SSSR count). The number of thioether (sulfide) groups is 1. The molecular formula is C10H19NS. The second-order valence-corrected chi connectivity index (χ2v) is 5.49. The van der Waals surface area contributed by atoms with Crippen molar-refractivity contribution < 1.29 is 0 Å². The van der Waals surface area contributed by atoms with Crippen molar-refractivity contribution in [2.24, 2.45) is 17.6 Å². The quantitative estimate of drug-likeness (QED) is 0.730. The third-order valence-electron chi connectivity index (χ3n) is 3.19. The van der Waals surface area contributed by atoms with Gasteiger partial charge < -0.3 is 5.73 Å². The molecule has 2 heteroatoms. The summed E-state index contributed by atoms with van der Waals surface area (Å²) in [4.78, 5) is 0. The summed E-state index contributed by atoms with van der Waals surface area (Å²) in [6.45, 7) is 0.933. The van der Waals surface area contributed by atoms with E-state index in [0.717, 1.165) is 23.6 Å². The highest BCUT2D eigenvalue weighted by Gasteiger charge is 2.36. The third kappa shape index (κ3) is 1.97. The zero-order valence-corrected chi connectivity index (χ0v) is 8.48. The molecule has 12 heavy (non-hydrogen) atoms. The first-order valence-electron chi connectivity index (χ1n) is 5.23. The molecule has 0 aromatic carbocycles. The Labute approximate surface area is 79.5 Å². The van der Waals surface area contributed by atoms with Gasteiger partial charge in [-0.25, -0.2) is 0 Å². The van der Waals surface area contributed by atoms with Crippen molar-refractivity contribution in [3.8, 4) is 0 Å². The van der Waals surface area contributed by atoms with Gasteiger partial charge in [-0.1, -0.05) is 6.42 Å². The van der Waals surface area contributed by atoms with Gasteiger partial charge in [-0.3, -0.25) is 0 Å². The molecule has 2 atom stereocenters. The Kier molecular flexibility index (Phi) is 2.97. The van der Waals surface area contributed by atoms with Gasteiger partial charge in [0.25, 0.3) is 0 Å². The third-order valence-corrected chi connectivity index (χ3v) is 4.73. The molecule has 1 saturated carbocycles. The summed E-state index contributed by atoms with van der Waals surface area (Å²) in [7, 11) is 0. The van der Waals surface area contributed by atoms with Gasteiger partial charge in [0.05, 0.1) is 0 Å². The predicted octanol–water partition coefficient (Wildman–Crippen LogP) is 2.26. The van der Waals surface area contributed by atoms with E-state index in [1.165, 1.54) is 37.9 Å². The predicted molar refractivity (Wildman–Crippen MR) is 55.4 cm³/mol. The van der Waals surface area contributed by atoms with Crippen molar-refractivity contribution >= 4 is 11.8 Å². The van der Waals surface area contributed by atoms with Crippen LogP contribution in [0.2, 0.25) is 0 Å². The number of nitrogens with two attached hydrogens (primary N) is 1. The minimum Gasteiger partial charge on any atom is -0.330 e. The SMILES string of the molecule is NCC(C1CC1)C1CCCCS1. The highest BCUT2D eigenvalue weighted by molar-refractivity contribution is 7.99. The Hall–Kier alpha value is 0.310. The summed E-state index contributed by atoms with van der Waals surface area (Å²) in [6, 6.07) is 0. The van der Waals surface area contributed by atoms with Crippen molar-refractivity contribution in [1.82, 2.24) is 0 Å². The Morgan fingerprint density at radius 2 is 2.08 bits per heavy atom. The normalized spacial score (nSPS) is 33.2. The number of hydrogen-bond acceptors (Lipinski definition) is 2. The van der Waals surface area contributed by atoms with Crippen molar-refractivity contribution in [2.75, 3.05) is 12.3 Å². The lowest BCUT2D eigenvalue weighted by atomic mass is 9.95. The smallest absolute Gasteiger partial charge is 0.00900 e. The second kappa shape index (κ2) is 4.01. The topological polar surface area (TPSA) is 26.0 Å². The fourth-order valence-corrected chi connectivity index (χ4v) is 3.86. The average Bonchev–Trinajstić information content (AvgIpc) is 2.92. The standard InChI is InChI=1S/C10H19NS/c11-7-9(8-4-5-8)10-3-1-2-6-12-10/h8-10H,1-7,11H2. The zero-order chi connectivity index (χ0) is 8.39. The molecule has 1 aliphatic carbocycles. The van der Waals surface area contributed by atoms with Crippen molar-refractivity contribution in [3.05, 3.63) is 0 Å². The molecule has 2 aliphatic rings. The van der Waals surface area contributed by atoms with Crippen molar-refractivity contribution in [1.29, 1.82) is 0 Å². The van der Waals surface area contributed by atoms with Gasteiger partial charge in [0.2, 0.25) is 0 Å². The Bertz CT molecular complexity index is 139. The fraction of sp³-hybridized carbons (Fsp3) is 1.00. The van der Waals surface area contributed by atoms with Gasteiger partial charge in [0, 0.05) is 5.25 Å². The maximum Gasteiger partial charge on any atom is 0.00900 e. The first-order chi connectivity index (χ1) is 5.92. The molecule has 2 fully saturated rings. The van der Waals surface area contributed by atoms with Crippen LogP contribution in [0, 0.1) is 11.8 Å². The number of hydrogen-bond donors (Lipinski definition) is 1. The monoisotopic (exact) mass is 185 g/mol. The summed E-state index contributed by atoms with van der Waals surface area (Å²) in [5.41, 5.74) is 5.83. The fourth-order valence-electron chi connectivity index (χ4n) is 2.28. The molecule has 0 spiro atoms. The van der Waals surface area contributed by atoms with Crippen LogP contribution >= 0.6 is 11.8 Å². The van der Waals surface area contributed by atoms with E-state index < -0.39 is 0 Å². The van der Waals surface area contributed by atoms with Gasteiger partial charge in [-0.05, 0) is 49.8 Å². The minimum atomic E-state index is 0.857. The van der Waals surface area contributed by atoms with Gasteiger partial charge in [-0.15, -0.1) is 0 Å². The minimum absolute atomic E-state index is 0.857. The second-order valence-electron chi connectivity index (χ2n) is 4.14. The van der Waals surface area contributed by atoms with Crippen LogP contribution in [-0.4, -0.2) is 17.5 Å². The molecule has 1 heterocycles. The van der Waals surface area contributed by atoms with E-state index >= 15 is 0 Å². The summed E-state index contributed by atoms with van der Waals surface area (Å²) in [5, 5.41) is 0.913. The van der Waals surface area contributed by atoms with E-state index in [0.29, 0.717) is 0 Å². The summed E-state index contributed by atoms with van der Waals surface area (Å²) >= 11 is 2.18. The molecule has 1 aliphatic heterocycles. The van der Waals surface area contributed by atoms with E-state index in [2.05, 4.69) is 11.8 Å². The lowest BCUT2D eigenvalue weighted by Crippen LogP contribution is -2.29. The lowest BCUT2D eigenvalue weighted by Gasteiger charge is -2.28. The molecule has 1 nitrogen and oxygen atoms in total. The molecule has 0 amide bonds. The van der Waals surface area contributed by atoms with Crippen molar-refractivity contribution in [2.45, 2.75) is 37.4 Å². The summed E-state index contributed by atoms with van der Waals surface area (Å²) < 4.78 is 0. The van der Waals surface area contributed by atoms with Gasteiger partial charge >= 0.3 is 0 Å². The molecule has 0 bridgehead atoms. The first kappa shape index (κ1) is 8.89. The average molecular weight is 185 g/mol.